The summed E-state index contributed by atoms with van der Waals surface area (Å²) in [6.07, 6.45) is 3.47. The predicted octanol–water partition coefficient (Wildman–Crippen LogP) is 2.38. The number of rotatable bonds is 5. The number of hydrogen-bond acceptors (Lipinski definition) is 2. The molecule has 1 N–H and O–H groups in total. The lowest BCUT2D eigenvalue weighted by Gasteiger charge is -2.31. The molecule has 1 fully saturated rings. The number of hydrogen-bond donors (Lipinski definition) is 1. The summed E-state index contributed by atoms with van der Waals surface area (Å²) in [7, 11) is 0. The first-order chi connectivity index (χ1) is 10.6. The van der Waals surface area contributed by atoms with Crippen molar-refractivity contribution in [2.24, 2.45) is 5.92 Å². The number of benzene rings is 1. The van der Waals surface area contributed by atoms with Crippen LogP contribution in [0.15, 0.2) is 30.3 Å². The minimum absolute atomic E-state index is 0.0507. The molecule has 0 spiro atoms. The molecule has 0 aromatic heterocycles. The van der Waals surface area contributed by atoms with Crippen LogP contribution < -0.4 is 5.32 Å². The number of likely N-dealkylation sites (tertiary alicyclic amines) is 1. The van der Waals surface area contributed by atoms with Gasteiger partial charge in [0.15, 0.2) is 0 Å². The molecule has 4 nitrogen and oxygen atoms in total. The summed E-state index contributed by atoms with van der Waals surface area (Å²) < 4.78 is 0. The summed E-state index contributed by atoms with van der Waals surface area (Å²) in [6, 6.07) is 10.5. The van der Waals surface area contributed by atoms with E-state index in [2.05, 4.69) is 24.4 Å². The molecule has 1 aliphatic heterocycles. The van der Waals surface area contributed by atoms with Gasteiger partial charge < -0.3 is 10.2 Å². The maximum Gasteiger partial charge on any atom is 0.223 e. The highest BCUT2D eigenvalue weighted by molar-refractivity contribution is 5.79. The van der Waals surface area contributed by atoms with Crippen LogP contribution in [0.3, 0.4) is 0 Å². The number of nitrogens with zero attached hydrogens (tertiary/aromatic N) is 1. The summed E-state index contributed by atoms with van der Waals surface area (Å²) in [4.78, 5) is 25.4. The van der Waals surface area contributed by atoms with Crippen molar-refractivity contribution in [1.29, 1.82) is 0 Å². The molecule has 4 heteroatoms. The Morgan fingerprint density at radius 1 is 1.23 bits per heavy atom. The molecule has 1 saturated heterocycles. The number of piperidine rings is 1. The zero-order chi connectivity index (χ0) is 15.9. The Bertz CT molecular complexity index is 493. The molecule has 0 radical (unpaired) electrons. The van der Waals surface area contributed by atoms with Gasteiger partial charge >= 0.3 is 0 Å². The third-order valence-electron chi connectivity index (χ3n) is 4.41. The molecule has 1 aromatic rings. The summed E-state index contributed by atoms with van der Waals surface area (Å²) in [6.45, 7) is 5.05. The van der Waals surface area contributed by atoms with E-state index in [1.54, 1.807) is 6.92 Å². The van der Waals surface area contributed by atoms with Gasteiger partial charge in [-0.25, -0.2) is 0 Å². The van der Waals surface area contributed by atoms with E-state index in [1.165, 1.54) is 5.56 Å². The molecular formula is C18H26N2O2. The van der Waals surface area contributed by atoms with Crippen molar-refractivity contribution < 1.29 is 9.59 Å². The molecule has 0 unspecified atom stereocenters. The number of aryl methyl sites for hydroxylation is 1. The number of carbonyl (C=O) groups is 2. The third kappa shape index (κ3) is 4.86. The van der Waals surface area contributed by atoms with Gasteiger partial charge in [0.05, 0.1) is 0 Å². The van der Waals surface area contributed by atoms with Crippen molar-refractivity contribution in [2.75, 3.05) is 13.1 Å². The lowest BCUT2D eigenvalue weighted by molar-refractivity contribution is -0.134. The normalized spacial score (nSPS) is 17.1. The van der Waals surface area contributed by atoms with Gasteiger partial charge in [0, 0.05) is 32.0 Å². The number of carbonyl (C=O) groups excluding carboxylic acids is 2. The van der Waals surface area contributed by atoms with Gasteiger partial charge in [-0.05, 0) is 38.2 Å². The van der Waals surface area contributed by atoms with Crippen LogP contribution in [0.1, 0.15) is 38.7 Å². The molecule has 1 aromatic carbocycles. The van der Waals surface area contributed by atoms with Crippen LogP contribution in [0.5, 0.6) is 0 Å². The zero-order valence-corrected chi connectivity index (χ0v) is 13.5. The van der Waals surface area contributed by atoms with Crippen molar-refractivity contribution in [3.63, 3.8) is 0 Å². The van der Waals surface area contributed by atoms with Gasteiger partial charge in [-0.15, -0.1) is 0 Å². The lowest BCUT2D eigenvalue weighted by atomic mass is 9.95. The molecule has 0 saturated carbocycles. The van der Waals surface area contributed by atoms with Gasteiger partial charge in [0.2, 0.25) is 11.8 Å². The zero-order valence-electron chi connectivity index (χ0n) is 13.5. The molecule has 22 heavy (non-hydrogen) atoms. The van der Waals surface area contributed by atoms with Gasteiger partial charge in [-0.2, -0.15) is 0 Å². The van der Waals surface area contributed by atoms with Gasteiger partial charge in [-0.1, -0.05) is 30.3 Å². The Morgan fingerprint density at radius 3 is 2.45 bits per heavy atom. The highest BCUT2D eigenvalue weighted by Gasteiger charge is 2.26. The molecule has 0 aliphatic carbocycles. The average Bonchev–Trinajstić information content (AvgIpc) is 2.54. The fourth-order valence-corrected chi connectivity index (χ4v) is 2.92. The largest absolute Gasteiger partial charge is 0.353 e. The van der Waals surface area contributed by atoms with Crippen molar-refractivity contribution in [2.45, 2.75) is 45.6 Å². The van der Waals surface area contributed by atoms with E-state index in [9.17, 15) is 9.59 Å². The summed E-state index contributed by atoms with van der Waals surface area (Å²) in [5, 5.41) is 3.12. The van der Waals surface area contributed by atoms with Gasteiger partial charge in [-0.3, -0.25) is 9.59 Å². The monoisotopic (exact) mass is 302 g/mol. The summed E-state index contributed by atoms with van der Waals surface area (Å²) in [5.41, 5.74) is 1.30. The van der Waals surface area contributed by atoms with E-state index in [0.29, 0.717) is 13.1 Å². The molecule has 1 aliphatic rings. The van der Waals surface area contributed by atoms with E-state index >= 15 is 0 Å². The average molecular weight is 302 g/mol. The second-order valence-corrected chi connectivity index (χ2v) is 6.21. The van der Waals surface area contributed by atoms with Crippen LogP contribution in [0.25, 0.3) is 0 Å². The van der Waals surface area contributed by atoms with Crippen LogP contribution in [-0.2, 0) is 16.0 Å². The standard InChI is InChI=1S/C18H26N2O2/c1-14(8-9-16-6-4-3-5-7-16)19-18(22)17-10-12-20(13-11-17)15(2)21/h3-7,14,17H,8-13H2,1-2H3,(H,19,22)/t14-/m1/s1. The molecule has 2 amide bonds. The van der Waals surface area contributed by atoms with Crippen molar-refractivity contribution in [3.05, 3.63) is 35.9 Å². The first-order valence-corrected chi connectivity index (χ1v) is 8.16. The first-order valence-electron chi connectivity index (χ1n) is 8.16. The predicted molar refractivity (Wildman–Crippen MR) is 87.3 cm³/mol. The molecule has 2 rings (SSSR count). The molecule has 120 valence electrons. The lowest BCUT2D eigenvalue weighted by Crippen LogP contribution is -2.44. The Labute approximate surface area is 132 Å². The van der Waals surface area contributed by atoms with Gasteiger partial charge in [0.25, 0.3) is 0 Å². The third-order valence-corrected chi connectivity index (χ3v) is 4.41. The van der Waals surface area contributed by atoms with Crippen LogP contribution >= 0.6 is 0 Å². The number of nitrogens with one attached hydrogen (secondary N) is 1. The maximum absolute atomic E-state index is 12.3. The van der Waals surface area contributed by atoms with Crippen molar-refractivity contribution in [1.82, 2.24) is 10.2 Å². The maximum atomic E-state index is 12.3. The van der Waals surface area contributed by atoms with Crippen LogP contribution in [0.2, 0.25) is 0 Å². The van der Waals surface area contributed by atoms with E-state index in [4.69, 9.17) is 0 Å². The molecule has 0 bridgehead atoms. The quantitative estimate of drug-likeness (QED) is 0.908. The van der Waals surface area contributed by atoms with Crippen LogP contribution in [0.4, 0.5) is 0 Å². The Hall–Kier alpha value is -1.84. The fraction of sp³-hybridized carbons (Fsp3) is 0.556. The van der Waals surface area contributed by atoms with Gasteiger partial charge in [0.1, 0.15) is 0 Å². The fourth-order valence-electron chi connectivity index (χ4n) is 2.92. The first kappa shape index (κ1) is 16.5. The van der Waals surface area contributed by atoms with E-state index in [0.717, 1.165) is 25.7 Å². The van der Waals surface area contributed by atoms with E-state index in [1.807, 2.05) is 23.1 Å². The second kappa shape index (κ2) is 7.97. The SMILES string of the molecule is CC(=O)N1CCC(C(=O)N[C@H](C)CCc2ccccc2)CC1. The topological polar surface area (TPSA) is 49.4 Å². The Balaban J connectivity index is 1.71. The second-order valence-electron chi connectivity index (χ2n) is 6.21. The van der Waals surface area contributed by atoms with E-state index in [-0.39, 0.29) is 23.8 Å². The molecular weight excluding hydrogens is 276 g/mol. The molecule has 1 atom stereocenters. The van der Waals surface area contributed by atoms with E-state index < -0.39 is 0 Å². The van der Waals surface area contributed by atoms with Crippen LogP contribution in [-0.4, -0.2) is 35.8 Å². The van der Waals surface area contributed by atoms with Crippen molar-refractivity contribution in [3.8, 4) is 0 Å². The summed E-state index contributed by atoms with van der Waals surface area (Å²) in [5.74, 6) is 0.300. The van der Waals surface area contributed by atoms with Crippen LogP contribution in [0, 0.1) is 5.92 Å². The minimum Gasteiger partial charge on any atom is -0.353 e. The molecule has 1 heterocycles. The highest BCUT2D eigenvalue weighted by atomic mass is 16.2. The smallest absolute Gasteiger partial charge is 0.223 e. The minimum atomic E-state index is 0.0507. The highest BCUT2D eigenvalue weighted by Crippen LogP contribution is 2.18. The summed E-state index contributed by atoms with van der Waals surface area (Å²) >= 11 is 0. The van der Waals surface area contributed by atoms with Crippen molar-refractivity contribution >= 4 is 11.8 Å². The Kier molecular flexibility index (Phi) is 5.99. The Morgan fingerprint density at radius 2 is 1.86 bits per heavy atom. The number of amides is 2.